The summed E-state index contributed by atoms with van der Waals surface area (Å²) in [5.41, 5.74) is 9.28. The van der Waals surface area contributed by atoms with Crippen LogP contribution >= 0.6 is 23.2 Å². The fourth-order valence-electron chi connectivity index (χ4n) is 4.37. The van der Waals surface area contributed by atoms with Gasteiger partial charge in [0, 0.05) is 49.5 Å². The van der Waals surface area contributed by atoms with Crippen molar-refractivity contribution < 1.29 is 17.5 Å². The highest BCUT2D eigenvalue weighted by Crippen LogP contribution is 2.36. The largest absolute Gasteiger partial charge is 0.471 e. The van der Waals surface area contributed by atoms with Crippen LogP contribution in [0.25, 0.3) is 22.2 Å². The molecule has 4 aromatic rings. The Labute approximate surface area is 228 Å². The first-order chi connectivity index (χ1) is 18.0. The zero-order valence-corrected chi connectivity index (χ0v) is 22.8. The molecule has 1 atom stereocenters. The summed E-state index contributed by atoms with van der Waals surface area (Å²) < 4.78 is 44.9. The van der Waals surface area contributed by atoms with Crippen LogP contribution in [0.15, 0.2) is 36.7 Å². The monoisotopic (exact) mass is 579 g/mol. The lowest BCUT2D eigenvalue weighted by atomic mass is 10.1. The fourth-order valence-corrected chi connectivity index (χ4v) is 5.76. The highest BCUT2D eigenvalue weighted by atomic mass is 35.5. The lowest BCUT2D eigenvalue weighted by Crippen LogP contribution is -2.48. The maximum atomic E-state index is 13.9. The number of aromatic amines is 1. The predicted octanol–water partition coefficient (Wildman–Crippen LogP) is 3.89. The first kappa shape index (κ1) is 26.6. The van der Waals surface area contributed by atoms with Crippen molar-refractivity contribution in [1.29, 1.82) is 0 Å². The summed E-state index contributed by atoms with van der Waals surface area (Å²) in [6, 6.07) is 7.45. The zero-order valence-electron chi connectivity index (χ0n) is 20.5. The smallest absolute Gasteiger partial charge is 0.232 e. The molecule has 1 fully saturated rings. The highest BCUT2D eigenvalue weighted by molar-refractivity contribution is 7.88. The number of benzene rings is 1. The second-order valence-corrected chi connectivity index (χ2v) is 11.7. The van der Waals surface area contributed by atoms with Gasteiger partial charge in [-0.1, -0.05) is 23.2 Å². The summed E-state index contributed by atoms with van der Waals surface area (Å²) in [6.07, 6.45) is 2.94. The number of H-pyrrole nitrogens is 1. The van der Waals surface area contributed by atoms with Crippen molar-refractivity contribution in [2.24, 2.45) is 5.73 Å². The van der Waals surface area contributed by atoms with Crippen LogP contribution in [0.3, 0.4) is 0 Å². The van der Waals surface area contributed by atoms with Crippen LogP contribution in [0.2, 0.25) is 10.0 Å². The number of anilines is 1. The Morgan fingerprint density at radius 2 is 1.87 bits per heavy atom. The van der Waals surface area contributed by atoms with Crippen molar-refractivity contribution in [3.8, 4) is 17.0 Å². The molecule has 0 unspecified atom stereocenters. The number of nitrogens with two attached hydrogens (primary N) is 1. The van der Waals surface area contributed by atoms with E-state index >= 15 is 0 Å². The normalized spacial score (nSPS) is 15.7. The van der Waals surface area contributed by atoms with Crippen LogP contribution in [0.1, 0.15) is 17.4 Å². The van der Waals surface area contributed by atoms with Gasteiger partial charge in [-0.15, -0.1) is 0 Å². The van der Waals surface area contributed by atoms with Gasteiger partial charge >= 0.3 is 0 Å². The Balaban J connectivity index is 1.39. The molecular weight excluding hydrogens is 556 g/mol. The van der Waals surface area contributed by atoms with Crippen molar-refractivity contribution >= 4 is 49.9 Å². The number of pyridine rings is 2. The Kier molecular flexibility index (Phi) is 7.18. The summed E-state index contributed by atoms with van der Waals surface area (Å²) in [6.45, 7) is 3.79. The summed E-state index contributed by atoms with van der Waals surface area (Å²) >= 11 is 12.2. The lowest BCUT2D eigenvalue weighted by Gasteiger charge is -2.33. The molecular formula is C24H24Cl2FN7O3S. The minimum Gasteiger partial charge on any atom is -0.471 e. The minimum absolute atomic E-state index is 0.0931. The van der Waals surface area contributed by atoms with E-state index in [1.807, 2.05) is 30.0 Å². The molecule has 1 saturated heterocycles. The number of piperazine rings is 1. The molecule has 4 heterocycles. The number of fused-ring (bicyclic) bond motifs is 1. The van der Waals surface area contributed by atoms with Gasteiger partial charge in [-0.3, -0.25) is 10.8 Å². The molecule has 14 heteroatoms. The number of nitrogens with one attached hydrogen (secondary N) is 1. The number of aromatic nitrogens is 4. The Bertz CT molecular complexity index is 1610. The number of halogens is 3. The van der Waals surface area contributed by atoms with E-state index in [9.17, 15) is 12.8 Å². The van der Waals surface area contributed by atoms with Gasteiger partial charge in [-0.05, 0) is 36.8 Å². The Morgan fingerprint density at radius 1 is 1.13 bits per heavy atom. The third-order valence-corrected chi connectivity index (χ3v) is 8.38. The van der Waals surface area contributed by atoms with Gasteiger partial charge in [0.1, 0.15) is 22.3 Å². The van der Waals surface area contributed by atoms with Crippen molar-refractivity contribution in [2.45, 2.75) is 13.2 Å². The molecule has 0 spiro atoms. The number of aryl methyl sites for hydroxylation is 1. The molecule has 10 nitrogen and oxygen atoms in total. The van der Waals surface area contributed by atoms with Crippen molar-refractivity contribution in [2.75, 3.05) is 37.3 Å². The quantitative estimate of drug-likeness (QED) is 0.260. The third kappa shape index (κ3) is 5.14. The molecule has 3 N–H and O–H groups in total. The highest BCUT2D eigenvalue weighted by Gasteiger charge is 2.25. The van der Waals surface area contributed by atoms with E-state index in [1.165, 1.54) is 10.6 Å². The van der Waals surface area contributed by atoms with E-state index in [4.69, 9.17) is 33.7 Å². The number of hydrogen-bond acceptors (Lipinski definition) is 8. The van der Waals surface area contributed by atoms with Gasteiger partial charge in [0.25, 0.3) is 0 Å². The molecule has 0 aliphatic carbocycles. The molecule has 1 aliphatic rings. The lowest BCUT2D eigenvalue weighted by molar-refractivity contribution is 0.212. The average molecular weight is 580 g/mol. The van der Waals surface area contributed by atoms with E-state index < -0.39 is 22.2 Å². The summed E-state index contributed by atoms with van der Waals surface area (Å²) in [4.78, 5) is 10.1. The predicted molar refractivity (Wildman–Crippen MR) is 144 cm³/mol. The van der Waals surface area contributed by atoms with Gasteiger partial charge in [-0.2, -0.15) is 13.8 Å². The summed E-state index contributed by atoms with van der Waals surface area (Å²) in [7, 11) is -3.20. The molecule has 200 valence electrons. The van der Waals surface area contributed by atoms with Crippen LogP contribution in [0, 0.1) is 12.9 Å². The first-order valence-electron chi connectivity index (χ1n) is 11.6. The van der Waals surface area contributed by atoms with Crippen LogP contribution in [-0.4, -0.2) is 65.3 Å². The van der Waals surface area contributed by atoms with Crippen LogP contribution < -0.4 is 15.4 Å². The third-order valence-electron chi connectivity index (χ3n) is 6.42. The number of hydrogen-bond donors (Lipinski definition) is 2. The Hall–Kier alpha value is -3.03. The molecule has 1 aliphatic heterocycles. The van der Waals surface area contributed by atoms with Gasteiger partial charge < -0.3 is 9.64 Å². The van der Waals surface area contributed by atoms with Gasteiger partial charge in [0.15, 0.2) is 6.23 Å². The molecule has 1 aromatic carbocycles. The van der Waals surface area contributed by atoms with Crippen LogP contribution in [0.4, 0.5) is 10.2 Å². The van der Waals surface area contributed by atoms with Crippen molar-refractivity contribution in [3.63, 3.8) is 0 Å². The molecule has 5 rings (SSSR count). The number of rotatable bonds is 6. The molecule has 0 radical (unpaired) electrons. The van der Waals surface area contributed by atoms with Gasteiger partial charge in [0.05, 0.1) is 22.4 Å². The van der Waals surface area contributed by atoms with Crippen molar-refractivity contribution in [1.82, 2.24) is 24.5 Å². The van der Waals surface area contributed by atoms with E-state index in [1.54, 1.807) is 12.3 Å². The number of sulfonamides is 1. The van der Waals surface area contributed by atoms with E-state index in [-0.39, 0.29) is 15.6 Å². The van der Waals surface area contributed by atoms with E-state index in [0.717, 1.165) is 34.0 Å². The standard InChI is InChI=1S/C24H24Cl2FN7O3S/c1-13-9-17-15(10-18(13)37-24(28)20-16(25)12-30-23(27)21(20)26)22(32-31-17)14-3-4-19(29-11-14)33-5-7-34(8-6-33)38(2,35)36/h3-4,9-12,24H,5-8,28H2,1-2H3,(H,31,32)/t24-/m0/s1. The maximum Gasteiger partial charge on any atom is 0.232 e. The summed E-state index contributed by atoms with van der Waals surface area (Å²) in [5.74, 6) is 0.318. The van der Waals surface area contributed by atoms with Crippen molar-refractivity contribution in [3.05, 3.63) is 63.8 Å². The molecule has 38 heavy (non-hydrogen) atoms. The van der Waals surface area contributed by atoms with E-state index in [2.05, 4.69) is 20.2 Å². The first-order valence-corrected chi connectivity index (χ1v) is 14.2. The van der Waals surface area contributed by atoms with Gasteiger partial charge in [0.2, 0.25) is 16.0 Å². The SMILES string of the molecule is Cc1cc2[nH]nc(-c3ccc(N4CCN(S(C)(=O)=O)CC4)nc3)c2cc1O[C@H](N)c1c(Cl)cnc(F)c1Cl. The number of ether oxygens (including phenoxy) is 1. The minimum atomic E-state index is -3.20. The fraction of sp³-hybridized carbons (Fsp3) is 0.292. The topological polar surface area (TPSA) is 130 Å². The number of nitrogens with zero attached hydrogens (tertiary/aromatic N) is 5. The maximum absolute atomic E-state index is 13.9. The van der Waals surface area contributed by atoms with E-state index in [0.29, 0.717) is 37.6 Å². The second kappa shape index (κ2) is 10.3. The molecule has 3 aromatic heterocycles. The second-order valence-electron chi connectivity index (χ2n) is 8.95. The molecule has 0 amide bonds. The Morgan fingerprint density at radius 3 is 2.53 bits per heavy atom. The van der Waals surface area contributed by atoms with Crippen LogP contribution in [0.5, 0.6) is 5.75 Å². The molecule has 0 saturated carbocycles. The average Bonchev–Trinajstić information content (AvgIpc) is 3.29. The summed E-state index contributed by atoms with van der Waals surface area (Å²) in [5, 5.41) is 8.06. The zero-order chi connectivity index (χ0) is 27.2. The molecule has 0 bridgehead atoms. The van der Waals surface area contributed by atoms with Gasteiger partial charge in [-0.25, -0.2) is 18.4 Å². The van der Waals surface area contributed by atoms with Crippen LogP contribution in [-0.2, 0) is 10.0 Å².